The minimum absolute atomic E-state index is 0.0414. The monoisotopic (exact) mass is 381 g/mol. The van der Waals surface area contributed by atoms with Gasteiger partial charge in [-0.2, -0.15) is 5.10 Å². The molecule has 2 aromatic rings. The third kappa shape index (κ3) is 6.54. The Morgan fingerprint density at radius 2 is 1.75 bits per heavy atom. The molecule has 2 amide bonds. The molecule has 2 rings (SSSR count). The van der Waals surface area contributed by atoms with E-state index in [0.29, 0.717) is 5.75 Å². The van der Waals surface area contributed by atoms with Gasteiger partial charge in [0.15, 0.2) is 0 Å². The summed E-state index contributed by atoms with van der Waals surface area (Å²) in [5.74, 6) is 0.168. The predicted octanol–water partition coefficient (Wildman–Crippen LogP) is 3.96. The second-order valence-electron chi connectivity index (χ2n) is 6.79. The minimum atomic E-state index is -0.324. The molecule has 2 aromatic carbocycles. The predicted molar refractivity (Wildman–Crippen MR) is 112 cm³/mol. The van der Waals surface area contributed by atoms with Gasteiger partial charge in [0, 0.05) is 24.1 Å². The molecule has 28 heavy (non-hydrogen) atoms. The van der Waals surface area contributed by atoms with Crippen LogP contribution in [-0.2, 0) is 9.59 Å². The molecule has 0 aliphatic rings. The molecule has 0 spiro atoms. The number of amides is 2. The average molecular weight is 381 g/mol. The largest absolute Gasteiger partial charge is 0.490 e. The number of para-hydroxylation sites is 1. The third-order valence-electron chi connectivity index (χ3n) is 4.13. The van der Waals surface area contributed by atoms with E-state index in [4.69, 9.17) is 4.74 Å². The number of carbonyl (C=O) groups is 2. The molecule has 0 fully saturated rings. The highest BCUT2D eigenvalue weighted by Gasteiger charge is 2.09. The van der Waals surface area contributed by atoms with Crippen LogP contribution in [0.25, 0.3) is 0 Å². The van der Waals surface area contributed by atoms with Crippen LogP contribution >= 0.6 is 0 Å². The number of hydrazone groups is 1. The quantitative estimate of drug-likeness (QED) is 0.536. The maximum atomic E-state index is 12.1. The van der Waals surface area contributed by atoms with E-state index in [1.54, 1.807) is 0 Å². The van der Waals surface area contributed by atoms with Crippen LogP contribution < -0.4 is 15.5 Å². The first-order chi connectivity index (χ1) is 13.4. The molecule has 0 heterocycles. The lowest BCUT2D eigenvalue weighted by atomic mass is 10.1. The number of anilines is 1. The van der Waals surface area contributed by atoms with Crippen molar-refractivity contribution in [3.05, 3.63) is 59.2 Å². The number of carbonyl (C=O) groups excluding carboxylic acids is 2. The average Bonchev–Trinajstić information content (AvgIpc) is 2.65. The van der Waals surface area contributed by atoms with Crippen LogP contribution in [0.15, 0.2) is 47.6 Å². The van der Waals surface area contributed by atoms with E-state index in [2.05, 4.69) is 15.8 Å². The van der Waals surface area contributed by atoms with Gasteiger partial charge in [-0.1, -0.05) is 24.3 Å². The molecule has 0 unspecified atom stereocenters. The number of rotatable bonds is 8. The Labute approximate surface area is 166 Å². The smallest absolute Gasteiger partial charge is 0.240 e. The van der Waals surface area contributed by atoms with Crippen molar-refractivity contribution in [3.63, 3.8) is 0 Å². The second-order valence-corrected chi connectivity index (χ2v) is 6.79. The van der Waals surface area contributed by atoms with Crippen LogP contribution in [0, 0.1) is 13.8 Å². The van der Waals surface area contributed by atoms with E-state index in [1.807, 2.05) is 70.2 Å². The summed E-state index contributed by atoms with van der Waals surface area (Å²) in [5.41, 5.74) is 6.11. The van der Waals surface area contributed by atoms with Crippen molar-refractivity contribution >= 4 is 23.7 Å². The normalized spacial score (nSPS) is 10.9. The number of hydrogen-bond donors (Lipinski definition) is 2. The Hall–Kier alpha value is -3.15. The fourth-order valence-electron chi connectivity index (χ4n) is 2.50. The van der Waals surface area contributed by atoms with E-state index in [0.717, 1.165) is 22.4 Å². The molecule has 0 aromatic heterocycles. The molecule has 0 saturated carbocycles. The number of nitrogens with zero attached hydrogens (tertiary/aromatic N) is 1. The number of ether oxygens (including phenoxy) is 1. The van der Waals surface area contributed by atoms with Gasteiger partial charge in [0.2, 0.25) is 11.8 Å². The van der Waals surface area contributed by atoms with Crippen LogP contribution in [0.1, 0.15) is 43.4 Å². The molecule has 0 bridgehead atoms. The van der Waals surface area contributed by atoms with Gasteiger partial charge < -0.3 is 10.1 Å². The number of nitrogens with one attached hydrogen (secondary N) is 2. The summed E-state index contributed by atoms with van der Waals surface area (Å²) in [6.07, 6.45) is 1.71. The van der Waals surface area contributed by atoms with Gasteiger partial charge in [-0.25, -0.2) is 5.43 Å². The standard InChI is InChI=1S/C22H27N3O3/c1-15(2)28-20-11-6-5-9-18(20)14-23-25-22(27)13-12-21(26)24-19-10-7-8-16(3)17(19)4/h5-11,14-15H,12-13H2,1-4H3,(H,24,26)(H,25,27). The molecule has 0 atom stereocenters. The highest BCUT2D eigenvalue weighted by atomic mass is 16.5. The van der Waals surface area contributed by atoms with Crippen molar-refractivity contribution in [2.24, 2.45) is 5.10 Å². The molecule has 2 N–H and O–H groups in total. The zero-order valence-corrected chi connectivity index (χ0v) is 16.8. The summed E-state index contributed by atoms with van der Waals surface area (Å²) < 4.78 is 5.70. The number of aryl methyl sites for hydroxylation is 1. The van der Waals surface area contributed by atoms with Gasteiger partial charge in [0.1, 0.15) is 5.75 Å². The van der Waals surface area contributed by atoms with E-state index in [9.17, 15) is 9.59 Å². The SMILES string of the molecule is Cc1cccc(NC(=O)CCC(=O)NN=Cc2ccccc2OC(C)C)c1C. The van der Waals surface area contributed by atoms with E-state index < -0.39 is 0 Å². The Morgan fingerprint density at radius 1 is 1.04 bits per heavy atom. The lowest BCUT2D eigenvalue weighted by Gasteiger charge is -2.11. The van der Waals surface area contributed by atoms with Crippen LogP contribution in [-0.4, -0.2) is 24.1 Å². The summed E-state index contributed by atoms with van der Waals surface area (Å²) in [5, 5.41) is 6.80. The Kier molecular flexibility index (Phi) is 7.75. The highest BCUT2D eigenvalue weighted by molar-refractivity contribution is 5.94. The molecule has 148 valence electrons. The maximum absolute atomic E-state index is 12.1. The zero-order valence-electron chi connectivity index (χ0n) is 16.8. The second kappa shape index (κ2) is 10.3. The molecule has 0 saturated heterocycles. The lowest BCUT2D eigenvalue weighted by Crippen LogP contribution is -2.21. The molecule has 0 radical (unpaired) electrons. The Balaban J connectivity index is 1.82. The minimum Gasteiger partial charge on any atom is -0.490 e. The fourth-order valence-corrected chi connectivity index (χ4v) is 2.50. The number of benzene rings is 2. The zero-order chi connectivity index (χ0) is 20.5. The summed E-state index contributed by atoms with van der Waals surface area (Å²) in [6, 6.07) is 13.2. The van der Waals surface area contributed by atoms with E-state index >= 15 is 0 Å². The van der Waals surface area contributed by atoms with Crippen LogP contribution in [0.2, 0.25) is 0 Å². The van der Waals surface area contributed by atoms with Crippen molar-refractivity contribution in [2.45, 2.75) is 46.6 Å². The Morgan fingerprint density at radius 3 is 2.50 bits per heavy atom. The van der Waals surface area contributed by atoms with Crippen molar-refractivity contribution in [1.82, 2.24) is 5.43 Å². The Bertz CT molecular complexity index is 860. The first kappa shape index (κ1) is 21.2. The molecule has 6 heteroatoms. The molecule has 6 nitrogen and oxygen atoms in total. The molecular weight excluding hydrogens is 354 g/mol. The van der Waals surface area contributed by atoms with Crippen LogP contribution in [0.5, 0.6) is 5.75 Å². The summed E-state index contributed by atoms with van der Waals surface area (Å²) in [7, 11) is 0. The maximum Gasteiger partial charge on any atom is 0.240 e. The van der Waals surface area contributed by atoms with Gasteiger partial charge in [0.25, 0.3) is 0 Å². The van der Waals surface area contributed by atoms with Crippen molar-refractivity contribution in [3.8, 4) is 5.75 Å². The summed E-state index contributed by atoms with van der Waals surface area (Å²) >= 11 is 0. The van der Waals surface area contributed by atoms with Gasteiger partial charge in [-0.05, 0) is 57.0 Å². The van der Waals surface area contributed by atoms with Crippen LogP contribution in [0.4, 0.5) is 5.69 Å². The third-order valence-corrected chi connectivity index (χ3v) is 4.13. The van der Waals surface area contributed by atoms with Crippen molar-refractivity contribution in [2.75, 3.05) is 5.32 Å². The van der Waals surface area contributed by atoms with Gasteiger partial charge >= 0.3 is 0 Å². The van der Waals surface area contributed by atoms with Crippen LogP contribution in [0.3, 0.4) is 0 Å². The number of hydrogen-bond acceptors (Lipinski definition) is 4. The first-order valence-electron chi connectivity index (χ1n) is 9.30. The lowest BCUT2D eigenvalue weighted by molar-refractivity contribution is -0.124. The molecule has 0 aliphatic heterocycles. The fraction of sp³-hybridized carbons (Fsp3) is 0.318. The van der Waals surface area contributed by atoms with E-state index in [-0.39, 0.29) is 30.8 Å². The van der Waals surface area contributed by atoms with E-state index in [1.165, 1.54) is 6.21 Å². The summed E-state index contributed by atoms with van der Waals surface area (Å²) in [6.45, 7) is 7.83. The van der Waals surface area contributed by atoms with Crippen molar-refractivity contribution < 1.29 is 14.3 Å². The summed E-state index contributed by atoms with van der Waals surface area (Å²) in [4.78, 5) is 24.0. The molecular formula is C22H27N3O3. The first-order valence-corrected chi connectivity index (χ1v) is 9.30. The highest BCUT2D eigenvalue weighted by Crippen LogP contribution is 2.18. The topological polar surface area (TPSA) is 79.8 Å². The van der Waals surface area contributed by atoms with Gasteiger partial charge in [0.05, 0.1) is 12.3 Å². The molecule has 0 aliphatic carbocycles. The van der Waals surface area contributed by atoms with Crippen molar-refractivity contribution in [1.29, 1.82) is 0 Å². The van der Waals surface area contributed by atoms with Gasteiger partial charge in [-0.3, -0.25) is 9.59 Å². The van der Waals surface area contributed by atoms with Gasteiger partial charge in [-0.15, -0.1) is 0 Å².